The molecule has 1 atom stereocenters. The predicted octanol–water partition coefficient (Wildman–Crippen LogP) is 2.67. The maximum Gasteiger partial charge on any atom is 0.417 e. The number of amides is 1. The summed E-state index contributed by atoms with van der Waals surface area (Å²) in [7, 11) is -3.14. The number of thioether (sulfide) groups is 1. The Morgan fingerprint density at radius 1 is 1.28 bits per heavy atom. The monoisotopic (exact) mass is 468 g/mol. The third kappa shape index (κ3) is 4.33. The van der Waals surface area contributed by atoms with Crippen LogP contribution in [0.5, 0.6) is 0 Å². The summed E-state index contributed by atoms with van der Waals surface area (Å²) in [6.07, 6.45) is -1.68. The number of carbonyl (C=O) groups is 1. The summed E-state index contributed by atoms with van der Waals surface area (Å²) < 4.78 is 63.8. The normalized spacial score (nSPS) is 21.6. The van der Waals surface area contributed by atoms with Crippen molar-refractivity contribution < 1.29 is 26.4 Å². The van der Waals surface area contributed by atoms with Crippen molar-refractivity contribution in [2.24, 2.45) is 0 Å². The number of pyridine rings is 1. The maximum absolute atomic E-state index is 13.1. The molecule has 0 bridgehead atoms. The predicted molar refractivity (Wildman–Crippen MR) is 101 cm³/mol. The number of nitrogens with zero attached hydrogens (tertiary/aromatic N) is 4. The van der Waals surface area contributed by atoms with Crippen molar-refractivity contribution in [1.29, 1.82) is 0 Å². The minimum Gasteiger partial charge on any atom is -0.335 e. The van der Waals surface area contributed by atoms with E-state index in [2.05, 4.69) is 10.2 Å². The molecule has 1 amide bonds. The zero-order valence-electron chi connectivity index (χ0n) is 14.9. The second-order valence-electron chi connectivity index (χ2n) is 7.13. The zero-order valence-corrected chi connectivity index (χ0v) is 17.3. The second-order valence-corrected chi connectivity index (χ2v) is 10.7. The van der Waals surface area contributed by atoms with Crippen molar-refractivity contribution in [3.63, 3.8) is 0 Å². The van der Waals surface area contributed by atoms with Gasteiger partial charge < -0.3 is 4.90 Å². The van der Waals surface area contributed by atoms with Gasteiger partial charge in [-0.05, 0) is 25.3 Å². The summed E-state index contributed by atoms with van der Waals surface area (Å²) in [5, 5.41) is 7.56. The molecular formula is C16H16ClF3N4O3S2. The maximum atomic E-state index is 13.1. The SMILES string of the molecule is O=C(CSc1nnc2c(Cl)cc(C(F)(F)F)cn12)N(C1CC1)C1CCS(=O)(=O)C1. The lowest BCUT2D eigenvalue weighted by atomic mass is 10.2. The molecule has 1 saturated heterocycles. The first-order valence-electron chi connectivity index (χ1n) is 8.81. The van der Waals surface area contributed by atoms with Gasteiger partial charge in [-0.25, -0.2) is 8.42 Å². The fraction of sp³-hybridized carbons (Fsp3) is 0.562. The molecule has 1 saturated carbocycles. The number of halogens is 4. The van der Waals surface area contributed by atoms with Gasteiger partial charge in [-0.2, -0.15) is 13.2 Å². The van der Waals surface area contributed by atoms with E-state index in [-0.39, 0.29) is 51.1 Å². The van der Waals surface area contributed by atoms with Crippen LogP contribution in [0.1, 0.15) is 24.8 Å². The molecule has 2 fully saturated rings. The first-order chi connectivity index (χ1) is 13.5. The summed E-state index contributed by atoms with van der Waals surface area (Å²) in [5.74, 6) is -0.316. The molecule has 1 aliphatic carbocycles. The lowest BCUT2D eigenvalue weighted by Crippen LogP contribution is -2.43. The van der Waals surface area contributed by atoms with E-state index in [0.29, 0.717) is 6.42 Å². The Hall–Kier alpha value is -1.53. The average molecular weight is 469 g/mol. The van der Waals surface area contributed by atoms with Crippen molar-refractivity contribution in [3.05, 3.63) is 22.8 Å². The third-order valence-corrected chi connectivity index (χ3v) is 7.87. The molecule has 0 spiro atoms. The van der Waals surface area contributed by atoms with Crippen molar-refractivity contribution >= 4 is 44.8 Å². The van der Waals surface area contributed by atoms with Gasteiger partial charge in [0, 0.05) is 18.3 Å². The molecule has 3 heterocycles. The van der Waals surface area contributed by atoms with E-state index < -0.39 is 21.6 Å². The van der Waals surface area contributed by atoms with Gasteiger partial charge in [0.1, 0.15) is 0 Å². The smallest absolute Gasteiger partial charge is 0.335 e. The quantitative estimate of drug-likeness (QED) is 0.627. The van der Waals surface area contributed by atoms with E-state index in [1.807, 2.05) is 0 Å². The Labute approximate surface area is 173 Å². The summed E-state index contributed by atoms with van der Waals surface area (Å²) in [6.45, 7) is 0. The highest BCUT2D eigenvalue weighted by Crippen LogP contribution is 2.35. The van der Waals surface area contributed by atoms with Crippen LogP contribution in [0.15, 0.2) is 17.4 Å². The lowest BCUT2D eigenvalue weighted by Gasteiger charge is -2.28. The first kappa shape index (κ1) is 20.7. The van der Waals surface area contributed by atoms with Crippen LogP contribution in [0.4, 0.5) is 13.2 Å². The lowest BCUT2D eigenvalue weighted by molar-refractivity contribution is -0.138. The molecule has 1 aliphatic heterocycles. The summed E-state index contributed by atoms with van der Waals surface area (Å²) in [6, 6.07) is 0.463. The fourth-order valence-corrected chi connectivity index (χ4v) is 6.18. The number of carbonyl (C=O) groups excluding carboxylic acids is 1. The van der Waals surface area contributed by atoms with Crippen LogP contribution in [0, 0.1) is 0 Å². The summed E-state index contributed by atoms with van der Waals surface area (Å²) >= 11 is 6.84. The van der Waals surface area contributed by atoms with Gasteiger partial charge in [0.15, 0.2) is 20.6 Å². The first-order valence-corrected chi connectivity index (χ1v) is 12.0. The number of fused-ring (bicyclic) bond motifs is 1. The zero-order chi connectivity index (χ0) is 21.0. The minimum atomic E-state index is -4.59. The number of aromatic nitrogens is 3. The molecule has 29 heavy (non-hydrogen) atoms. The van der Waals surface area contributed by atoms with E-state index >= 15 is 0 Å². The highest BCUT2D eigenvalue weighted by molar-refractivity contribution is 7.99. The largest absolute Gasteiger partial charge is 0.417 e. The van der Waals surface area contributed by atoms with E-state index in [1.54, 1.807) is 4.90 Å². The van der Waals surface area contributed by atoms with E-state index in [4.69, 9.17) is 11.6 Å². The Kier molecular flexibility index (Phi) is 5.23. The third-order valence-electron chi connectivity index (χ3n) is 4.91. The average Bonchev–Trinajstić information content (AvgIpc) is 3.25. The van der Waals surface area contributed by atoms with Crippen molar-refractivity contribution in [1.82, 2.24) is 19.5 Å². The fourth-order valence-electron chi connectivity index (χ4n) is 3.44. The Morgan fingerprint density at radius 2 is 2.00 bits per heavy atom. The van der Waals surface area contributed by atoms with Crippen LogP contribution < -0.4 is 0 Å². The van der Waals surface area contributed by atoms with Gasteiger partial charge in [0.25, 0.3) is 0 Å². The highest BCUT2D eigenvalue weighted by Gasteiger charge is 2.42. The van der Waals surface area contributed by atoms with Gasteiger partial charge in [0.05, 0.1) is 27.8 Å². The Bertz CT molecular complexity index is 1070. The molecule has 2 aromatic rings. The van der Waals surface area contributed by atoms with Crippen LogP contribution in [0.2, 0.25) is 5.02 Å². The van der Waals surface area contributed by atoms with Gasteiger partial charge in [-0.1, -0.05) is 23.4 Å². The van der Waals surface area contributed by atoms with Crippen LogP contribution in [-0.2, 0) is 20.8 Å². The van der Waals surface area contributed by atoms with Crippen molar-refractivity contribution in [3.8, 4) is 0 Å². The standard InChI is InChI=1S/C16H16ClF3N4O3S2/c17-12-5-9(16(18,19)20)6-23-14(12)21-22-15(23)28-7-13(25)24(10-1-2-10)11-3-4-29(26,27)8-11/h5-6,10-11H,1-4,7-8H2. The topological polar surface area (TPSA) is 84.6 Å². The molecule has 7 nitrogen and oxygen atoms in total. The van der Waals surface area contributed by atoms with E-state index in [9.17, 15) is 26.4 Å². The van der Waals surface area contributed by atoms with Gasteiger partial charge in [-0.3, -0.25) is 9.20 Å². The summed E-state index contributed by atoms with van der Waals surface area (Å²) in [5.41, 5.74) is -0.880. The Morgan fingerprint density at radius 3 is 2.59 bits per heavy atom. The molecule has 0 radical (unpaired) electrons. The van der Waals surface area contributed by atoms with Gasteiger partial charge >= 0.3 is 6.18 Å². The molecule has 2 aromatic heterocycles. The van der Waals surface area contributed by atoms with Crippen LogP contribution in [0.3, 0.4) is 0 Å². The van der Waals surface area contributed by atoms with E-state index in [0.717, 1.165) is 41.3 Å². The number of hydrogen-bond donors (Lipinski definition) is 0. The highest BCUT2D eigenvalue weighted by atomic mass is 35.5. The number of sulfone groups is 1. The molecule has 1 unspecified atom stereocenters. The van der Waals surface area contributed by atoms with Crippen molar-refractivity contribution in [2.75, 3.05) is 17.3 Å². The van der Waals surface area contributed by atoms with Gasteiger partial charge in [0.2, 0.25) is 5.91 Å². The molecule has 0 aromatic carbocycles. The number of rotatable bonds is 5. The van der Waals surface area contributed by atoms with Crippen molar-refractivity contribution in [2.45, 2.75) is 42.7 Å². The van der Waals surface area contributed by atoms with E-state index in [1.165, 1.54) is 0 Å². The van der Waals surface area contributed by atoms with Crippen LogP contribution >= 0.6 is 23.4 Å². The van der Waals surface area contributed by atoms with Crippen LogP contribution in [-0.4, -0.2) is 63.2 Å². The number of hydrogen-bond acceptors (Lipinski definition) is 6. The van der Waals surface area contributed by atoms with Crippen LogP contribution in [0.25, 0.3) is 5.65 Å². The Balaban J connectivity index is 1.53. The second kappa shape index (κ2) is 7.31. The molecule has 2 aliphatic rings. The molecule has 0 N–H and O–H groups in total. The minimum absolute atomic E-state index is 0.0304. The summed E-state index contributed by atoms with van der Waals surface area (Å²) in [4.78, 5) is 14.4. The molecular weight excluding hydrogens is 453 g/mol. The van der Waals surface area contributed by atoms with Gasteiger partial charge in [-0.15, -0.1) is 10.2 Å². The molecule has 13 heteroatoms. The molecule has 158 valence electrons. The molecule has 4 rings (SSSR count). The number of alkyl halides is 3.